The van der Waals surface area contributed by atoms with Crippen LogP contribution in [0.2, 0.25) is 0 Å². The van der Waals surface area contributed by atoms with Crippen LogP contribution in [-0.4, -0.2) is 69.2 Å². The zero-order valence-corrected chi connectivity index (χ0v) is 17.4. The summed E-state index contributed by atoms with van der Waals surface area (Å²) in [6.45, 7) is 7.29. The van der Waals surface area contributed by atoms with E-state index in [2.05, 4.69) is 25.5 Å². The van der Waals surface area contributed by atoms with Crippen LogP contribution >= 0.6 is 0 Å². The number of nitrogens with one attached hydrogen (secondary N) is 3. The van der Waals surface area contributed by atoms with Gasteiger partial charge in [-0.1, -0.05) is 0 Å². The molecule has 0 saturated carbocycles. The maximum Gasteiger partial charge on any atom is 0.254 e. The molecule has 2 aromatic heterocycles. The van der Waals surface area contributed by atoms with Crippen LogP contribution in [0.4, 0.5) is 0 Å². The molecule has 9 heteroatoms. The van der Waals surface area contributed by atoms with Crippen LogP contribution in [0.3, 0.4) is 0 Å². The van der Waals surface area contributed by atoms with Crippen LogP contribution in [0, 0.1) is 20.8 Å². The number of fused-ring (bicyclic) bond motifs is 1. The minimum absolute atomic E-state index is 0.116. The summed E-state index contributed by atoms with van der Waals surface area (Å²) in [6.07, 6.45) is 0.0196. The molecule has 1 aliphatic rings. The topological polar surface area (TPSA) is 116 Å². The summed E-state index contributed by atoms with van der Waals surface area (Å²) < 4.78 is 5.62. The summed E-state index contributed by atoms with van der Waals surface area (Å²) in [4.78, 5) is 34.7. The van der Waals surface area contributed by atoms with Gasteiger partial charge in [0.2, 0.25) is 0 Å². The lowest BCUT2D eigenvalue weighted by Crippen LogP contribution is -2.51. The minimum atomic E-state index is -0.674. The predicted octanol–water partition coefficient (Wildman–Crippen LogP) is 1.41. The van der Waals surface area contributed by atoms with Crippen LogP contribution < -0.4 is 5.32 Å². The Hall–Kier alpha value is -3.20. The van der Waals surface area contributed by atoms with Crippen LogP contribution in [0.5, 0.6) is 0 Å². The zero-order valence-electron chi connectivity index (χ0n) is 17.4. The Morgan fingerprint density at radius 2 is 2.13 bits per heavy atom. The highest BCUT2D eigenvalue weighted by molar-refractivity contribution is 5.97. The summed E-state index contributed by atoms with van der Waals surface area (Å²) in [5, 5.41) is 10.0. The number of carbonyl (C=O) groups is 2. The first-order valence-corrected chi connectivity index (χ1v) is 10.1. The lowest BCUT2D eigenvalue weighted by Gasteiger charge is -2.32. The normalized spacial score (nSPS) is 16.8. The van der Waals surface area contributed by atoms with Gasteiger partial charge in [-0.15, -0.1) is 0 Å². The molecule has 1 atom stereocenters. The fourth-order valence-electron chi connectivity index (χ4n) is 3.81. The fraction of sp³-hybridized carbons (Fsp3) is 0.429. The van der Waals surface area contributed by atoms with E-state index in [1.807, 2.05) is 26.8 Å². The molecule has 158 valence electrons. The quantitative estimate of drug-likeness (QED) is 0.588. The van der Waals surface area contributed by atoms with Crippen molar-refractivity contribution in [3.8, 4) is 0 Å². The van der Waals surface area contributed by atoms with Crippen LogP contribution in [0.25, 0.3) is 11.0 Å². The number of hydrogen-bond donors (Lipinski definition) is 3. The van der Waals surface area contributed by atoms with E-state index in [0.29, 0.717) is 31.7 Å². The minimum Gasteiger partial charge on any atom is -0.365 e. The highest BCUT2D eigenvalue weighted by Gasteiger charge is 2.29. The molecule has 3 heterocycles. The molecule has 9 nitrogen and oxygen atoms in total. The molecule has 30 heavy (non-hydrogen) atoms. The van der Waals surface area contributed by atoms with Gasteiger partial charge in [0.15, 0.2) is 6.10 Å². The van der Waals surface area contributed by atoms with E-state index in [1.54, 1.807) is 17.0 Å². The number of imidazole rings is 1. The molecule has 4 rings (SSSR count). The number of ether oxygens (including phenoxy) is 1. The number of aryl methyl sites for hydroxylation is 3. The Morgan fingerprint density at radius 3 is 2.90 bits per heavy atom. The molecular weight excluding hydrogens is 384 g/mol. The number of aromatic amines is 2. The number of nitrogens with zero attached hydrogens (tertiary/aromatic N) is 3. The van der Waals surface area contributed by atoms with E-state index in [4.69, 9.17) is 4.74 Å². The smallest absolute Gasteiger partial charge is 0.254 e. The molecule has 3 aromatic rings. The second-order valence-electron chi connectivity index (χ2n) is 7.62. The highest BCUT2D eigenvalue weighted by Crippen LogP contribution is 2.17. The van der Waals surface area contributed by atoms with Crippen molar-refractivity contribution < 1.29 is 14.3 Å². The summed E-state index contributed by atoms with van der Waals surface area (Å²) in [6, 6.07) is 5.40. The number of rotatable bonds is 5. The van der Waals surface area contributed by atoms with E-state index in [1.165, 1.54) is 0 Å². The van der Waals surface area contributed by atoms with Gasteiger partial charge in [0, 0.05) is 24.3 Å². The second-order valence-corrected chi connectivity index (χ2v) is 7.62. The van der Waals surface area contributed by atoms with Crippen LogP contribution in [0.15, 0.2) is 18.2 Å². The molecule has 1 saturated heterocycles. The molecule has 0 radical (unpaired) electrons. The molecule has 0 bridgehead atoms. The van der Waals surface area contributed by atoms with Crippen molar-refractivity contribution in [1.29, 1.82) is 0 Å². The van der Waals surface area contributed by atoms with Crippen LogP contribution in [-0.2, 0) is 16.0 Å². The molecule has 0 aliphatic carbocycles. The Bertz CT molecular complexity index is 1070. The summed E-state index contributed by atoms with van der Waals surface area (Å²) in [5.74, 6) is 0.486. The van der Waals surface area contributed by atoms with E-state index in [0.717, 1.165) is 33.8 Å². The van der Waals surface area contributed by atoms with Gasteiger partial charge < -0.3 is 19.9 Å². The predicted molar refractivity (Wildman–Crippen MR) is 111 cm³/mol. The lowest BCUT2D eigenvalue weighted by atomic mass is 10.1. The molecule has 0 spiro atoms. The fourth-order valence-corrected chi connectivity index (χ4v) is 3.81. The monoisotopic (exact) mass is 410 g/mol. The van der Waals surface area contributed by atoms with Crippen molar-refractivity contribution in [3.05, 3.63) is 46.5 Å². The largest absolute Gasteiger partial charge is 0.365 e. The van der Waals surface area contributed by atoms with Gasteiger partial charge >= 0.3 is 0 Å². The van der Waals surface area contributed by atoms with Crippen molar-refractivity contribution in [2.75, 3.05) is 26.2 Å². The molecule has 1 aromatic carbocycles. The standard InChI is InChI=1S/C21H26N6O3/c1-12-16(13(2)26-25-12)6-7-22-20(28)19-11-27(8-9-30-19)21(29)15-4-5-17-18(10-15)24-14(3)23-17/h4-5,10,19H,6-9,11H2,1-3H3,(H,22,28)(H,23,24)(H,25,26). The van der Waals surface area contributed by atoms with Gasteiger partial charge in [-0.3, -0.25) is 14.7 Å². The van der Waals surface area contributed by atoms with E-state index < -0.39 is 6.10 Å². The Morgan fingerprint density at radius 1 is 1.30 bits per heavy atom. The highest BCUT2D eigenvalue weighted by atomic mass is 16.5. The average Bonchev–Trinajstić information content (AvgIpc) is 3.28. The van der Waals surface area contributed by atoms with Crippen molar-refractivity contribution in [3.63, 3.8) is 0 Å². The van der Waals surface area contributed by atoms with Crippen LogP contribution in [0.1, 0.15) is 33.1 Å². The number of morpholine rings is 1. The molecule has 1 fully saturated rings. The molecular formula is C21H26N6O3. The first kappa shape index (κ1) is 20.1. The van der Waals surface area contributed by atoms with Crippen molar-refractivity contribution in [2.45, 2.75) is 33.3 Å². The van der Waals surface area contributed by atoms with Gasteiger partial charge in [-0.2, -0.15) is 5.10 Å². The van der Waals surface area contributed by atoms with E-state index in [9.17, 15) is 9.59 Å². The molecule has 1 unspecified atom stereocenters. The summed E-state index contributed by atoms with van der Waals surface area (Å²) in [5.41, 5.74) is 5.28. The first-order valence-electron chi connectivity index (χ1n) is 10.1. The van der Waals surface area contributed by atoms with E-state index >= 15 is 0 Å². The third-order valence-electron chi connectivity index (χ3n) is 5.45. The molecule has 1 aliphatic heterocycles. The second kappa shape index (κ2) is 8.27. The van der Waals surface area contributed by atoms with E-state index in [-0.39, 0.29) is 18.4 Å². The Kier molecular flexibility index (Phi) is 5.54. The maximum atomic E-state index is 13.0. The third-order valence-corrected chi connectivity index (χ3v) is 5.45. The van der Waals surface area contributed by atoms with Crippen molar-refractivity contribution in [2.24, 2.45) is 0 Å². The van der Waals surface area contributed by atoms with Crippen molar-refractivity contribution >= 4 is 22.8 Å². The number of hydrogen-bond acceptors (Lipinski definition) is 5. The van der Waals surface area contributed by atoms with Gasteiger partial charge in [-0.25, -0.2) is 4.98 Å². The third kappa shape index (κ3) is 4.06. The summed E-state index contributed by atoms with van der Waals surface area (Å²) in [7, 11) is 0. The maximum absolute atomic E-state index is 13.0. The summed E-state index contributed by atoms with van der Waals surface area (Å²) >= 11 is 0. The Labute approximate surface area is 174 Å². The average molecular weight is 410 g/mol. The first-order chi connectivity index (χ1) is 14.4. The Balaban J connectivity index is 1.35. The number of H-pyrrole nitrogens is 2. The number of carbonyl (C=O) groups excluding carboxylic acids is 2. The number of benzene rings is 1. The van der Waals surface area contributed by atoms with Gasteiger partial charge in [0.05, 0.1) is 29.9 Å². The number of amides is 2. The molecule has 2 amide bonds. The lowest BCUT2D eigenvalue weighted by molar-refractivity contribution is -0.137. The van der Waals surface area contributed by atoms with Gasteiger partial charge in [0.25, 0.3) is 11.8 Å². The zero-order chi connectivity index (χ0) is 21.3. The number of aromatic nitrogens is 4. The van der Waals surface area contributed by atoms with Gasteiger partial charge in [-0.05, 0) is 51.0 Å². The van der Waals surface area contributed by atoms with Gasteiger partial charge in [0.1, 0.15) is 5.82 Å². The van der Waals surface area contributed by atoms with Crippen molar-refractivity contribution in [1.82, 2.24) is 30.4 Å². The SMILES string of the molecule is Cc1nc2ccc(C(=O)N3CCOC(C(=O)NCCc4c(C)n[nH]c4C)C3)cc2[nH]1. The molecule has 3 N–H and O–H groups in total.